The van der Waals surface area contributed by atoms with Crippen LogP contribution in [0.4, 0.5) is 4.79 Å². The first-order valence-corrected chi connectivity index (χ1v) is 10.2. The van der Waals surface area contributed by atoms with Gasteiger partial charge >= 0.3 is 6.09 Å². The molecule has 8 heteroatoms. The van der Waals surface area contributed by atoms with Crippen molar-refractivity contribution in [3.8, 4) is 0 Å². The molecule has 3 aromatic rings. The van der Waals surface area contributed by atoms with Gasteiger partial charge in [-0.2, -0.15) is 0 Å². The molecule has 0 fully saturated rings. The summed E-state index contributed by atoms with van der Waals surface area (Å²) in [6.45, 7) is 1.02. The molecule has 0 spiro atoms. The van der Waals surface area contributed by atoms with Crippen molar-refractivity contribution >= 4 is 29.3 Å². The van der Waals surface area contributed by atoms with E-state index in [0.29, 0.717) is 29.2 Å². The molecule has 1 aromatic heterocycles. The lowest BCUT2D eigenvalue weighted by molar-refractivity contribution is 0.0913. The number of amides is 1. The topological polar surface area (TPSA) is 64.4 Å². The van der Waals surface area contributed by atoms with E-state index in [2.05, 4.69) is 4.98 Å². The highest BCUT2D eigenvalue weighted by atomic mass is 35.5. The van der Waals surface area contributed by atoms with Crippen LogP contribution in [0.5, 0.6) is 0 Å². The van der Waals surface area contributed by atoms with E-state index in [0.717, 1.165) is 11.1 Å². The van der Waals surface area contributed by atoms with Crippen LogP contribution in [0, 0.1) is 0 Å². The summed E-state index contributed by atoms with van der Waals surface area (Å²) in [6, 6.07) is 16.6. The fourth-order valence-electron chi connectivity index (χ4n) is 3.36. The molecule has 0 atom stereocenters. The van der Waals surface area contributed by atoms with Crippen LogP contribution >= 0.6 is 23.2 Å². The lowest BCUT2D eigenvalue weighted by Crippen LogP contribution is -2.41. The summed E-state index contributed by atoms with van der Waals surface area (Å²) >= 11 is 12.2. The second kappa shape index (κ2) is 8.90. The third kappa shape index (κ3) is 4.50. The van der Waals surface area contributed by atoms with Crippen LogP contribution in [-0.2, 0) is 30.9 Å². The first-order chi connectivity index (χ1) is 14.5. The van der Waals surface area contributed by atoms with E-state index in [-0.39, 0.29) is 30.5 Å². The molecule has 0 saturated heterocycles. The molecule has 1 aliphatic heterocycles. The van der Waals surface area contributed by atoms with Crippen LogP contribution in [0.3, 0.4) is 0 Å². The quantitative estimate of drug-likeness (QED) is 0.564. The second-order valence-corrected chi connectivity index (χ2v) is 7.81. The van der Waals surface area contributed by atoms with Gasteiger partial charge < -0.3 is 9.64 Å². The largest absolute Gasteiger partial charge is 0.445 e. The Morgan fingerprint density at radius 2 is 1.77 bits per heavy atom. The number of aromatic nitrogens is 2. The minimum Gasteiger partial charge on any atom is -0.445 e. The molecule has 6 nitrogen and oxygen atoms in total. The molecule has 30 heavy (non-hydrogen) atoms. The second-order valence-electron chi connectivity index (χ2n) is 7.04. The fraction of sp³-hybridized carbons (Fsp3) is 0.227. The average Bonchev–Trinajstić information content (AvgIpc) is 2.77. The molecule has 4 rings (SSSR count). The maximum atomic E-state index is 13.1. The monoisotopic (exact) mass is 443 g/mol. The van der Waals surface area contributed by atoms with E-state index in [1.165, 1.54) is 9.47 Å². The number of carbonyl (C=O) groups excluding carboxylic acids is 1. The third-order valence-corrected chi connectivity index (χ3v) is 5.53. The number of carbonyl (C=O) groups is 1. The van der Waals surface area contributed by atoms with E-state index >= 15 is 0 Å². The molecule has 2 heterocycles. The smallest absolute Gasteiger partial charge is 0.410 e. The predicted molar refractivity (Wildman–Crippen MR) is 115 cm³/mol. The van der Waals surface area contributed by atoms with Gasteiger partial charge in [0.1, 0.15) is 6.61 Å². The molecule has 154 valence electrons. The van der Waals surface area contributed by atoms with Crippen LogP contribution in [0.2, 0.25) is 10.3 Å². The van der Waals surface area contributed by atoms with Gasteiger partial charge in [-0.15, -0.1) is 0 Å². The Morgan fingerprint density at radius 1 is 1.03 bits per heavy atom. The number of benzene rings is 2. The number of rotatable bonds is 4. The highest BCUT2D eigenvalue weighted by Crippen LogP contribution is 2.19. The minimum atomic E-state index is -0.455. The van der Waals surface area contributed by atoms with Gasteiger partial charge in [-0.05, 0) is 34.9 Å². The Bertz CT molecular complexity index is 1110. The van der Waals surface area contributed by atoms with Crippen molar-refractivity contribution in [3.05, 3.63) is 97.6 Å². The minimum absolute atomic E-state index is 0.133. The van der Waals surface area contributed by atoms with Gasteiger partial charge in [0.05, 0.1) is 24.3 Å². The molecule has 0 N–H and O–H groups in total. The summed E-state index contributed by atoms with van der Waals surface area (Å²) in [7, 11) is 0. The molecule has 0 saturated carbocycles. The van der Waals surface area contributed by atoms with Crippen molar-refractivity contribution in [1.82, 2.24) is 14.5 Å². The van der Waals surface area contributed by atoms with Crippen molar-refractivity contribution in [2.24, 2.45) is 0 Å². The Kier molecular flexibility index (Phi) is 6.06. The van der Waals surface area contributed by atoms with Gasteiger partial charge in [0.25, 0.3) is 5.56 Å². The van der Waals surface area contributed by atoms with Crippen molar-refractivity contribution in [2.45, 2.75) is 26.1 Å². The van der Waals surface area contributed by atoms with Crippen LogP contribution in [-0.4, -0.2) is 27.1 Å². The number of halogens is 2. The van der Waals surface area contributed by atoms with Crippen molar-refractivity contribution in [3.63, 3.8) is 0 Å². The standard InChI is InChI=1S/C22H19Cl2N3O3/c23-17-8-6-15(7-9-17)12-27-20(28)18-13-26(11-10-19(18)25-21(27)24)22(29)30-14-16-4-2-1-3-5-16/h1-9H,10-14H2. The van der Waals surface area contributed by atoms with E-state index in [1.54, 1.807) is 12.1 Å². The van der Waals surface area contributed by atoms with Crippen molar-refractivity contribution in [2.75, 3.05) is 6.54 Å². The molecule has 0 bridgehead atoms. The summed E-state index contributed by atoms with van der Waals surface area (Å²) < 4.78 is 6.81. The van der Waals surface area contributed by atoms with E-state index < -0.39 is 6.09 Å². The van der Waals surface area contributed by atoms with Gasteiger partial charge in [-0.25, -0.2) is 9.78 Å². The average molecular weight is 444 g/mol. The lowest BCUT2D eigenvalue weighted by Gasteiger charge is -2.27. The molecular formula is C22H19Cl2N3O3. The Morgan fingerprint density at radius 3 is 2.50 bits per heavy atom. The highest BCUT2D eigenvalue weighted by molar-refractivity contribution is 6.30. The molecule has 2 aromatic carbocycles. The first-order valence-electron chi connectivity index (χ1n) is 9.49. The predicted octanol–water partition coefficient (Wildman–Crippen LogP) is 4.29. The summed E-state index contributed by atoms with van der Waals surface area (Å²) in [5, 5.41) is 0.749. The normalized spacial score (nSPS) is 13.1. The number of fused-ring (bicyclic) bond motifs is 1. The van der Waals surface area contributed by atoms with Crippen LogP contribution in [0.1, 0.15) is 22.4 Å². The summed E-state index contributed by atoms with van der Waals surface area (Å²) in [5.74, 6) is 0. The van der Waals surface area contributed by atoms with Crippen molar-refractivity contribution in [1.29, 1.82) is 0 Å². The Hall–Kier alpha value is -2.83. The highest BCUT2D eigenvalue weighted by Gasteiger charge is 2.27. The van der Waals surface area contributed by atoms with Crippen LogP contribution < -0.4 is 5.56 Å². The SMILES string of the molecule is O=C(OCc1ccccc1)N1CCc2nc(Cl)n(Cc3ccc(Cl)cc3)c(=O)c2C1. The zero-order chi connectivity index (χ0) is 21.1. The zero-order valence-electron chi connectivity index (χ0n) is 16.1. The Balaban J connectivity index is 1.51. The van der Waals surface area contributed by atoms with Crippen molar-refractivity contribution < 1.29 is 9.53 Å². The van der Waals surface area contributed by atoms with Gasteiger partial charge in [-0.3, -0.25) is 9.36 Å². The number of ether oxygens (including phenoxy) is 1. The van der Waals surface area contributed by atoms with Crippen LogP contribution in [0.25, 0.3) is 0 Å². The van der Waals surface area contributed by atoms with E-state index in [9.17, 15) is 9.59 Å². The van der Waals surface area contributed by atoms with E-state index in [4.69, 9.17) is 27.9 Å². The van der Waals surface area contributed by atoms with Gasteiger partial charge in [0, 0.05) is 18.0 Å². The van der Waals surface area contributed by atoms with E-state index in [1.807, 2.05) is 42.5 Å². The molecule has 0 radical (unpaired) electrons. The van der Waals surface area contributed by atoms with Gasteiger partial charge in [-0.1, -0.05) is 54.1 Å². The van der Waals surface area contributed by atoms with Gasteiger partial charge in [0.2, 0.25) is 5.28 Å². The number of nitrogens with zero attached hydrogens (tertiary/aromatic N) is 3. The van der Waals surface area contributed by atoms with Crippen LogP contribution in [0.15, 0.2) is 59.4 Å². The molecule has 1 amide bonds. The maximum absolute atomic E-state index is 13.1. The first kappa shape index (κ1) is 20.4. The third-order valence-electron chi connectivity index (χ3n) is 4.99. The zero-order valence-corrected chi connectivity index (χ0v) is 17.6. The molecule has 0 unspecified atom stereocenters. The number of hydrogen-bond acceptors (Lipinski definition) is 4. The molecule has 1 aliphatic rings. The molecular weight excluding hydrogens is 425 g/mol. The lowest BCUT2D eigenvalue weighted by atomic mass is 10.1. The molecule has 0 aliphatic carbocycles. The fourth-order valence-corrected chi connectivity index (χ4v) is 3.73. The Labute approximate surface area is 183 Å². The summed E-state index contributed by atoms with van der Waals surface area (Å²) in [4.78, 5) is 31.5. The van der Waals surface area contributed by atoms with Gasteiger partial charge in [0.15, 0.2) is 0 Å². The summed E-state index contributed by atoms with van der Waals surface area (Å²) in [5.41, 5.74) is 2.63. The number of hydrogen-bond donors (Lipinski definition) is 0. The maximum Gasteiger partial charge on any atom is 0.410 e. The summed E-state index contributed by atoms with van der Waals surface area (Å²) in [6.07, 6.45) is -0.00455.